The van der Waals surface area contributed by atoms with Crippen LogP contribution in [0.5, 0.6) is 0 Å². The highest BCUT2D eigenvalue weighted by atomic mass is 16.5. The molecule has 1 N–H and O–H groups in total. The van der Waals surface area contributed by atoms with Crippen molar-refractivity contribution in [2.75, 3.05) is 11.9 Å². The molecule has 2 atom stereocenters. The fraction of sp³-hybridized carbons (Fsp3) is 0.625. The first-order valence-electron chi connectivity index (χ1n) is 8.50. The molecule has 0 saturated carbocycles. The van der Waals surface area contributed by atoms with Crippen LogP contribution in [0.15, 0.2) is 10.9 Å². The number of hydrogen-bond acceptors (Lipinski definition) is 5. The van der Waals surface area contributed by atoms with E-state index in [1.807, 2.05) is 13.8 Å². The second kappa shape index (κ2) is 6.83. The standard InChI is InChI=1S/C16H24N6O3/c1-5-21-15(14-10(2)6-7-25-14)19-22(16(21)24)9-13(23)17-12-8-11(3)18-20(12)4/h8,10,14H,5-7,9H2,1-4H3,(H,17,23)/t10-,14+/m1/s1. The van der Waals surface area contributed by atoms with E-state index in [0.29, 0.717) is 30.7 Å². The summed E-state index contributed by atoms with van der Waals surface area (Å²) >= 11 is 0. The minimum atomic E-state index is -0.321. The molecule has 1 aliphatic heterocycles. The smallest absolute Gasteiger partial charge is 0.346 e. The third kappa shape index (κ3) is 3.37. The van der Waals surface area contributed by atoms with Crippen molar-refractivity contribution in [1.82, 2.24) is 24.1 Å². The van der Waals surface area contributed by atoms with Gasteiger partial charge in [-0.25, -0.2) is 9.48 Å². The maximum absolute atomic E-state index is 12.6. The molecule has 1 fully saturated rings. The van der Waals surface area contributed by atoms with Gasteiger partial charge in [-0.3, -0.25) is 14.0 Å². The Bertz CT molecular complexity index is 834. The first-order valence-corrected chi connectivity index (χ1v) is 8.50. The lowest BCUT2D eigenvalue weighted by Gasteiger charge is -2.13. The van der Waals surface area contributed by atoms with Crippen molar-refractivity contribution in [3.05, 3.63) is 28.1 Å². The van der Waals surface area contributed by atoms with Gasteiger partial charge in [0, 0.05) is 26.3 Å². The van der Waals surface area contributed by atoms with Gasteiger partial charge in [-0.05, 0) is 26.2 Å². The van der Waals surface area contributed by atoms with Crippen molar-refractivity contribution in [1.29, 1.82) is 0 Å². The normalized spacial score (nSPS) is 20.2. The van der Waals surface area contributed by atoms with Crippen LogP contribution in [0.1, 0.15) is 37.9 Å². The number of aromatic nitrogens is 5. The molecule has 3 heterocycles. The van der Waals surface area contributed by atoms with Gasteiger partial charge in [-0.2, -0.15) is 10.2 Å². The van der Waals surface area contributed by atoms with E-state index in [1.165, 1.54) is 4.68 Å². The van der Waals surface area contributed by atoms with Crippen molar-refractivity contribution in [3.63, 3.8) is 0 Å². The van der Waals surface area contributed by atoms with E-state index in [1.54, 1.807) is 22.4 Å². The van der Waals surface area contributed by atoms with Crippen molar-refractivity contribution in [2.24, 2.45) is 13.0 Å². The van der Waals surface area contributed by atoms with Crippen LogP contribution in [0.4, 0.5) is 5.82 Å². The van der Waals surface area contributed by atoms with Gasteiger partial charge in [0.2, 0.25) is 5.91 Å². The minimum Gasteiger partial charge on any atom is -0.370 e. The minimum absolute atomic E-state index is 0.149. The maximum atomic E-state index is 12.6. The monoisotopic (exact) mass is 348 g/mol. The Hall–Kier alpha value is -2.42. The van der Waals surface area contributed by atoms with Crippen molar-refractivity contribution >= 4 is 11.7 Å². The summed E-state index contributed by atoms with van der Waals surface area (Å²) in [5.74, 6) is 1.16. The van der Waals surface area contributed by atoms with Crippen molar-refractivity contribution in [3.8, 4) is 0 Å². The van der Waals surface area contributed by atoms with Crippen molar-refractivity contribution < 1.29 is 9.53 Å². The zero-order valence-electron chi connectivity index (χ0n) is 15.0. The van der Waals surface area contributed by atoms with Crippen LogP contribution < -0.4 is 11.0 Å². The largest absolute Gasteiger partial charge is 0.370 e. The molecule has 0 radical (unpaired) electrons. The number of ether oxygens (including phenoxy) is 1. The number of anilines is 1. The fourth-order valence-electron chi connectivity index (χ4n) is 3.14. The summed E-state index contributed by atoms with van der Waals surface area (Å²) in [4.78, 5) is 24.9. The lowest BCUT2D eigenvalue weighted by Crippen LogP contribution is -2.30. The average Bonchev–Trinajstić information content (AvgIpc) is 3.19. The third-order valence-electron chi connectivity index (χ3n) is 4.47. The van der Waals surface area contributed by atoms with Gasteiger partial charge in [0.15, 0.2) is 5.82 Å². The van der Waals surface area contributed by atoms with Gasteiger partial charge in [-0.15, -0.1) is 0 Å². The Kier molecular flexibility index (Phi) is 4.76. The molecule has 9 heteroatoms. The fourth-order valence-corrected chi connectivity index (χ4v) is 3.14. The van der Waals surface area contributed by atoms with Gasteiger partial charge in [0.1, 0.15) is 18.5 Å². The molecule has 136 valence electrons. The lowest BCUT2D eigenvalue weighted by atomic mass is 10.0. The highest BCUT2D eigenvalue weighted by Gasteiger charge is 2.31. The predicted octanol–water partition coefficient (Wildman–Crippen LogP) is 0.843. The first kappa shape index (κ1) is 17.4. The van der Waals surface area contributed by atoms with Crippen LogP contribution in [0.2, 0.25) is 0 Å². The van der Waals surface area contributed by atoms with E-state index in [4.69, 9.17) is 4.74 Å². The molecular formula is C16H24N6O3. The number of nitrogens with one attached hydrogen (secondary N) is 1. The zero-order valence-corrected chi connectivity index (χ0v) is 15.0. The van der Waals surface area contributed by atoms with E-state index >= 15 is 0 Å². The molecule has 0 spiro atoms. The topological polar surface area (TPSA) is 96.0 Å². The quantitative estimate of drug-likeness (QED) is 0.864. The number of carbonyl (C=O) groups is 1. The summed E-state index contributed by atoms with van der Waals surface area (Å²) in [5.41, 5.74) is 0.511. The molecule has 9 nitrogen and oxygen atoms in total. The molecule has 1 aliphatic rings. The average molecular weight is 348 g/mol. The molecule has 2 aromatic rings. The van der Waals surface area contributed by atoms with Crippen molar-refractivity contribution in [2.45, 2.75) is 46.4 Å². The van der Waals surface area contributed by atoms with Crippen LogP contribution >= 0.6 is 0 Å². The highest BCUT2D eigenvalue weighted by Crippen LogP contribution is 2.32. The van der Waals surface area contributed by atoms with E-state index in [9.17, 15) is 9.59 Å². The predicted molar refractivity (Wildman–Crippen MR) is 91.2 cm³/mol. The molecule has 1 saturated heterocycles. The summed E-state index contributed by atoms with van der Waals surface area (Å²) in [6, 6.07) is 1.77. The lowest BCUT2D eigenvalue weighted by molar-refractivity contribution is -0.117. The van der Waals surface area contributed by atoms with E-state index in [-0.39, 0.29) is 24.2 Å². The Balaban J connectivity index is 1.80. The summed E-state index contributed by atoms with van der Waals surface area (Å²) in [7, 11) is 1.75. The molecule has 25 heavy (non-hydrogen) atoms. The number of aryl methyl sites for hydroxylation is 2. The number of amides is 1. The van der Waals surface area contributed by atoms with Crippen LogP contribution in [0.25, 0.3) is 0 Å². The zero-order chi connectivity index (χ0) is 18.1. The first-order chi connectivity index (χ1) is 11.9. The van der Waals surface area contributed by atoms with E-state index < -0.39 is 0 Å². The van der Waals surface area contributed by atoms with Crippen LogP contribution in [0.3, 0.4) is 0 Å². The number of hydrogen-bond donors (Lipinski definition) is 1. The van der Waals surface area contributed by atoms with Crippen LogP contribution in [-0.2, 0) is 29.7 Å². The second-order valence-corrected chi connectivity index (χ2v) is 6.44. The van der Waals surface area contributed by atoms with Crippen LogP contribution in [0, 0.1) is 12.8 Å². The third-order valence-corrected chi connectivity index (χ3v) is 4.47. The second-order valence-electron chi connectivity index (χ2n) is 6.44. The molecule has 2 aromatic heterocycles. The molecule has 0 unspecified atom stereocenters. The molecule has 0 bridgehead atoms. The Labute approximate surface area is 145 Å². The van der Waals surface area contributed by atoms with Gasteiger partial charge < -0.3 is 10.1 Å². The van der Waals surface area contributed by atoms with Crippen LogP contribution in [-0.4, -0.2) is 36.6 Å². The van der Waals surface area contributed by atoms with Gasteiger partial charge in [0.25, 0.3) is 0 Å². The number of rotatable bonds is 5. The summed E-state index contributed by atoms with van der Waals surface area (Å²) in [5, 5.41) is 11.3. The Morgan fingerprint density at radius 3 is 2.76 bits per heavy atom. The molecular weight excluding hydrogens is 324 g/mol. The summed E-state index contributed by atoms with van der Waals surface area (Å²) in [6.45, 7) is 6.82. The summed E-state index contributed by atoms with van der Waals surface area (Å²) < 4.78 is 10.1. The van der Waals surface area contributed by atoms with Gasteiger partial charge in [0.05, 0.1) is 5.69 Å². The summed E-state index contributed by atoms with van der Waals surface area (Å²) in [6.07, 6.45) is 0.743. The maximum Gasteiger partial charge on any atom is 0.346 e. The molecule has 0 aliphatic carbocycles. The Morgan fingerprint density at radius 1 is 1.44 bits per heavy atom. The number of nitrogens with zero attached hydrogens (tertiary/aromatic N) is 5. The highest BCUT2D eigenvalue weighted by molar-refractivity contribution is 5.89. The molecule has 1 amide bonds. The Morgan fingerprint density at radius 2 is 2.20 bits per heavy atom. The van der Waals surface area contributed by atoms with E-state index in [0.717, 1.165) is 12.1 Å². The molecule has 3 rings (SSSR count). The van der Waals surface area contributed by atoms with Gasteiger partial charge >= 0.3 is 5.69 Å². The number of carbonyl (C=O) groups excluding carboxylic acids is 1. The van der Waals surface area contributed by atoms with E-state index in [2.05, 4.69) is 22.4 Å². The molecule has 0 aromatic carbocycles. The van der Waals surface area contributed by atoms with Gasteiger partial charge in [-0.1, -0.05) is 6.92 Å². The SMILES string of the molecule is CCn1c([C@H]2OCC[C@H]2C)nn(CC(=O)Nc2cc(C)nn2C)c1=O.